The second-order valence-corrected chi connectivity index (χ2v) is 7.91. The van der Waals surface area contributed by atoms with Crippen LogP contribution in [-0.4, -0.2) is 58.8 Å². The highest BCUT2D eigenvalue weighted by Gasteiger charge is 2.35. The molecular weight excluding hydrogens is 412 g/mol. The summed E-state index contributed by atoms with van der Waals surface area (Å²) in [6.45, 7) is 8.20. The lowest BCUT2D eigenvalue weighted by atomic mass is 10.1. The number of benzene rings is 1. The molecule has 1 aromatic carbocycles. The fraction of sp³-hybridized carbons (Fsp3) is 0.478. The predicted octanol–water partition coefficient (Wildman–Crippen LogP) is 3.30. The van der Waals surface area contributed by atoms with Crippen LogP contribution in [0.1, 0.15) is 54.4 Å². The maximum Gasteiger partial charge on any atom is 0.272 e. The zero-order chi connectivity index (χ0) is 23.3. The van der Waals surface area contributed by atoms with Gasteiger partial charge in [0.15, 0.2) is 0 Å². The summed E-state index contributed by atoms with van der Waals surface area (Å²) in [6.07, 6.45) is 2.94. The lowest BCUT2D eigenvalue weighted by Crippen LogP contribution is -2.48. The highest BCUT2D eigenvalue weighted by Crippen LogP contribution is 2.25. The molecule has 3 rings (SSSR count). The maximum atomic E-state index is 13.1. The molecule has 1 N–H and O–H groups in total. The fourth-order valence-corrected chi connectivity index (χ4v) is 4.31. The number of amides is 2. The van der Waals surface area contributed by atoms with Crippen LogP contribution in [0, 0.1) is 17.0 Å². The van der Waals surface area contributed by atoms with Crippen LogP contribution in [0.5, 0.6) is 0 Å². The van der Waals surface area contributed by atoms with E-state index in [0.29, 0.717) is 30.6 Å². The monoisotopic (exact) mass is 442 g/mol. The van der Waals surface area contributed by atoms with E-state index >= 15 is 0 Å². The third kappa shape index (κ3) is 4.99. The number of likely N-dealkylation sites (N-methyl/N-ethyl adjacent to an activating group) is 1. The Morgan fingerprint density at radius 2 is 2.06 bits per heavy atom. The Bertz CT molecular complexity index is 955. The second kappa shape index (κ2) is 10.4. The van der Waals surface area contributed by atoms with Crippen LogP contribution in [0.3, 0.4) is 0 Å². The summed E-state index contributed by atoms with van der Waals surface area (Å²) in [7, 11) is 0. The summed E-state index contributed by atoms with van der Waals surface area (Å²) in [4.78, 5) is 40.5. The van der Waals surface area contributed by atoms with Crippen molar-refractivity contribution in [1.29, 1.82) is 0 Å². The molecule has 0 saturated carbocycles. The molecule has 9 heteroatoms. The van der Waals surface area contributed by atoms with Gasteiger partial charge in [0, 0.05) is 30.3 Å². The van der Waals surface area contributed by atoms with Crippen LogP contribution < -0.4 is 5.32 Å². The quantitative estimate of drug-likeness (QED) is 0.471. The van der Waals surface area contributed by atoms with Crippen molar-refractivity contribution < 1.29 is 18.9 Å². The number of nitro groups is 1. The van der Waals surface area contributed by atoms with Gasteiger partial charge in [-0.15, -0.1) is 0 Å². The molecule has 32 heavy (non-hydrogen) atoms. The number of likely N-dealkylation sites (tertiary alicyclic amines) is 1. The van der Waals surface area contributed by atoms with E-state index < -0.39 is 11.0 Å². The Balaban J connectivity index is 1.70. The number of aryl methyl sites for hydroxylation is 1. The largest absolute Gasteiger partial charge is 0.468 e. The van der Waals surface area contributed by atoms with Gasteiger partial charge in [0.05, 0.1) is 17.2 Å². The molecule has 1 saturated heterocycles. The highest BCUT2D eigenvalue weighted by atomic mass is 16.6. The van der Waals surface area contributed by atoms with Crippen LogP contribution in [0.4, 0.5) is 5.69 Å². The van der Waals surface area contributed by atoms with Crippen molar-refractivity contribution >= 4 is 17.5 Å². The molecule has 0 radical (unpaired) electrons. The lowest BCUT2D eigenvalue weighted by molar-refractivity contribution is -0.385. The minimum absolute atomic E-state index is 0.0300. The molecule has 0 aliphatic carbocycles. The normalized spacial score (nSPS) is 16.9. The standard InChI is InChI=1S/C23H30N4O5/c1-4-25(5-2)20(21-9-7-13-32-21)15-24-22(28)19-8-6-12-26(19)23(29)17-10-11-18(27(30)31)16(3)14-17/h7,9-11,13-14,19-20H,4-6,8,12,15H2,1-3H3,(H,24,28). The molecule has 2 aromatic rings. The first-order chi connectivity index (χ1) is 15.4. The maximum absolute atomic E-state index is 13.1. The molecular formula is C23H30N4O5. The van der Waals surface area contributed by atoms with E-state index in [1.54, 1.807) is 18.1 Å². The number of nitrogens with zero attached hydrogens (tertiary/aromatic N) is 3. The van der Waals surface area contributed by atoms with Gasteiger partial charge in [-0.3, -0.25) is 24.6 Å². The van der Waals surface area contributed by atoms with Crippen molar-refractivity contribution in [3.05, 3.63) is 63.6 Å². The van der Waals surface area contributed by atoms with Gasteiger partial charge in [-0.25, -0.2) is 0 Å². The Hall–Kier alpha value is -3.20. The van der Waals surface area contributed by atoms with Gasteiger partial charge >= 0.3 is 0 Å². The van der Waals surface area contributed by atoms with E-state index in [9.17, 15) is 19.7 Å². The molecule has 1 aromatic heterocycles. The van der Waals surface area contributed by atoms with Crippen LogP contribution in [0.15, 0.2) is 41.0 Å². The summed E-state index contributed by atoms with van der Waals surface area (Å²) in [5.41, 5.74) is 0.739. The number of nitro benzene ring substituents is 1. The second-order valence-electron chi connectivity index (χ2n) is 7.91. The van der Waals surface area contributed by atoms with Crippen LogP contribution in [0.2, 0.25) is 0 Å². The van der Waals surface area contributed by atoms with Gasteiger partial charge in [0.25, 0.3) is 11.6 Å². The van der Waals surface area contributed by atoms with Crippen LogP contribution >= 0.6 is 0 Å². The summed E-state index contributed by atoms with van der Waals surface area (Å²) < 4.78 is 5.59. The fourth-order valence-electron chi connectivity index (χ4n) is 4.31. The van der Waals surface area contributed by atoms with E-state index in [4.69, 9.17) is 4.42 Å². The molecule has 0 spiro atoms. The smallest absolute Gasteiger partial charge is 0.272 e. The van der Waals surface area contributed by atoms with Crippen LogP contribution in [-0.2, 0) is 4.79 Å². The average Bonchev–Trinajstić information content (AvgIpc) is 3.48. The number of nitrogens with one attached hydrogen (secondary N) is 1. The van der Waals surface area contributed by atoms with Gasteiger partial charge in [0.1, 0.15) is 11.8 Å². The molecule has 1 aliphatic rings. The molecule has 1 fully saturated rings. The van der Waals surface area contributed by atoms with Crippen molar-refractivity contribution in [2.75, 3.05) is 26.2 Å². The molecule has 2 unspecified atom stereocenters. The molecule has 172 valence electrons. The number of furan rings is 1. The van der Waals surface area contributed by atoms with Crippen molar-refractivity contribution in [1.82, 2.24) is 15.1 Å². The Kier molecular flexibility index (Phi) is 7.63. The van der Waals surface area contributed by atoms with Crippen molar-refractivity contribution in [2.45, 2.75) is 45.7 Å². The molecule has 0 bridgehead atoms. The van der Waals surface area contributed by atoms with E-state index in [1.165, 1.54) is 18.2 Å². The Morgan fingerprint density at radius 1 is 1.31 bits per heavy atom. The summed E-state index contributed by atoms with van der Waals surface area (Å²) in [5, 5.41) is 14.1. The van der Waals surface area contributed by atoms with Crippen molar-refractivity contribution in [3.63, 3.8) is 0 Å². The summed E-state index contributed by atoms with van der Waals surface area (Å²) >= 11 is 0. The van der Waals surface area contributed by atoms with Gasteiger partial charge in [-0.05, 0) is 57.1 Å². The third-order valence-electron chi connectivity index (χ3n) is 6.05. The van der Waals surface area contributed by atoms with Crippen molar-refractivity contribution in [2.24, 2.45) is 0 Å². The van der Waals surface area contributed by atoms with E-state index in [2.05, 4.69) is 24.1 Å². The number of carbonyl (C=O) groups excluding carboxylic acids is 2. The van der Waals surface area contributed by atoms with Gasteiger partial charge in [0.2, 0.25) is 5.91 Å². The molecule has 2 heterocycles. The molecule has 2 atom stereocenters. The SMILES string of the molecule is CCN(CC)C(CNC(=O)C1CCCN1C(=O)c1ccc([N+](=O)[O-])c(C)c1)c1ccco1. The van der Waals surface area contributed by atoms with E-state index in [0.717, 1.165) is 25.3 Å². The lowest BCUT2D eigenvalue weighted by Gasteiger charge is -2.29. The first-order valence-electron chi connectivity index (χ1n) is 11.0. The first kappa shape index (κ1) is 23.5. The van der Waals surface area contributed by atoms with Gasteiger partial charge < -0.3 is 14.6 Å². The van der Waals surface area contributed by atoms with Crippen LogP contribution in [0.25, 0.3) is 0 Å². The van der Waals surface area contributed by atoms with Gasteiger partial charge in [-0.1, -0.05) is 13.8 Å². The van der Waals surface area contributed by atoms with Gasteiger partial charge in [-0.2, -0.15) is 0 Å². The Labute approximate surface area is 187 Å². The molecule has 2 amide bonds. The topological polar surface area (TPSA) is 109 Å². The number of rotatable bonds is 9. The average molecular weight is 443 g/mol. The van der Waals surface area contributed by atoms with Crippen molar-refractivity contribution in [3.8, 4) is 0 Å². The molecule has 1 aliphatic heterocycles. The zero-order valence-corrected chi connectivity index (χ0v) is 18.7. The number of hydrogen-bond acceptors (Lipinski definition) is 6. The number of hydrogen-bond donors (Lipinski definition) is 1. The van der Waals surface area contributed by atoms with E-state index in [1.807, 2.05) is 12.1 Å². The molecule has 9 nitrogen and oxygen atoms in total. The Morgan fingerprint density at radius 3 is 2.66 bits per heavy atom. The zero-order valence-electron chi connectivity index (χ0n) is 18.7. The predicted molar refractivity (Wildman–Crippen MR) is 119 cm³/mol. The summed E-state index contributed by atoms with van der Waals surface area (Å²) in [5.74, 6) is 0.305. The number of carbonyl (C=O) groups is 2. The van der Waals surface area contributed by atoms with E-state index in [-0.39, 0.29) is 23.5 Å². The minimum atomic E-state index is -0.563. The third-order valence-corrected chi connectivity index (χ3v) is 6.05. The highest BCUT2D eigenvalue weighted by molar-refractivity contribution is 5.98. The summed E-state index contributed by atoms with van der Waals surface area (Å²) in [6, 6.07) is 7.38. The minimum Gasteiger partial charge on any atom is -0.468 e. The first-order valence-corrected chi connectivity index (χ1v) is 11.0.